The number of nitrogens with zero attached hydrogens (tertiary/aromatic N) is 6. The molecule has 3 aromatic carbocycles. The van der Waals surface area contributed by atoms with Crippen molar-refractivity contribution in [3.05, 3.63) is 77.9 Å². The van der Waals surface area contributed by atoms with Gasteiger partial charge in [0.1, 0.15) is 46.3 Å². The first-order valence-electron chi connectivity index (χ1n) is 32.1. The fourth-order valence-electron chi connectivity index (χ4n) is 13.0. The monoisotopic (exact) mass is 1330 g/mol. The molecule has 4 aliphatic heterocycles. The molecule has 16 N–H and O–H groups in total. The summed E-state index contributed by atoms with van der Waals surface area (Å²) in [5.41, 5.74) is 2.77. The summed E-state index contributed by atoms with van der Waals surface area (Å²) in [5.74, 6) is -8.98. The van der Waals surface area contributed by atoms with Gasteiger partial charge in [0.25, 0.3) is 5.91 Å². The van der Waals surface area contributed by atoms with Crippen LogP contribution in [0.4, 0.5) is 5.69 Å². The number of nitrogens with one attached hydrogen (secondary N) is 6. The highest BCUT2D eigenvalue weighted by molar-refractivity contribution is 7.17. The van der Waals surface area contributed by atoms with Crippen LogP contribution in [-0.4, -0.2) is 268 Å². The molecule has 5 fully saturated rings. The number of carbonyl (C=O) groups is 7. The second-order valence-electron chi connectivity index (χ2n) is 25.6. The zero-order valence-corrected chi connectivity index (χ0v) is 53.6. The van der Waals surface area contributed by atoms with Crippen LogP contribution in [-0.2, 0) is 35.2 Å². The smallest absolute Gasteiger partial charge is 0.251 e. The number of aliphatic hydroxyl groups excluding tert-OH is 8. The molecule has 94 heavy (non-hydrogen) atoms. The molecule has 30 heteroatoms. The second kappa shape index (κ2) is 31.8. The van der Waals surface area contributed by atoms with Crippen molar-refractivity contribution < 1.29 is 84.6 Å². The quantitative estimate of drug-likeness (QED) is 0.0477. The maximum absolute atomic E-state index is 14.9. The molecule has 4 aromatic rings. The van der Waals surface area contributed by atoms with E-state index >= 15 is 0 Å². The number of aliphatic hydroxyl groups is 8. The van der Waals surface area contributed by atoms with E-state index in [0.29, 0.717) is 21.6 Å². The van der Waals surface area contributed by atoms with Crippen LogP contribution in [0.25, 0.3) is 21.1 Å². The summed E-state index contributed by atoms with van der Waals surface area (Å²) in [6.07, 6.45) is -7.28. The summed E-state index contributed by atoms with van der Waals surface area (Å²) in [7, 11) is 0. The second-order valence-corrected chi connectivity index (χ2v) is 26.6. The summed E-state index contributed by atoms with van der Waals surface area (Å²) in [6.45, 7) is 6.13. The van der Waals surface area contributed by atoms with E-state index in [4.69, 9.17) is 0 Å². The third-order valence-electron chi connectivity index (χ3n) is 18.7. The number of fused-ring (bicyclic) bond motifs is 2. The number of aromatic hydroxyl groups is 2. The molecule has 13 atom stereocenters. The molecule has 29 nitrogen and oxygen atoms in total. The Morgan fingerprint density at radius 2 is 1.30 bits per heavy atom. The summed E-state index contributed by atoms with van der Waals surface area (Å²) in [4.78, 5) is 109. The summed E-state index contributed by atoms with van der Waals surface area (Å²) >= 11 is 1.34. The van der Waals surface area contributed by atoms with Gasteiger partial charge in [-0.1, -0.05) is 43.4 Å². The molecule has 4 saturated heterocycles. The Balaban J connectivity index is 0.957. The Kier molecular flexibility index (Phi) is 24.0. The fourth-order valence-corrected chi connectivity index (χ4v) is 13.8. The van der Waals surface area contributed by atoms with Gasteiger partial charge < -0.3 is 97.7 Å². The standard InChI is InChI=1S/C64H88N12O17S/c1-33-4-13-41(14-5-33)73-20-22-74(23-21-73)42-15-11-39(12-16-42)62-72-71-61(94-62)38-9-7-37(8-10-38)56(87)67-45-26-43(80)28-66-60(91)54-55(86)34(2)29-76(54)64(93)53(48(83)18-19-65-40(31-77)32-78)70-59(90)52(50(85)25-36-6-17-47(82)49(84)24-36)69-58(89)46-27-44(81)30-75(46)63(92)51(35(3)79)68-57(45)88/h6-12,15-17,24,33-35,40-41,43-46,48,50-55,65,77-86H,4-5,13-14,18-23,25-32H2,1-3H3,(H,66,91)(H,67,87)(H,68,88)(H,69,89)(H,70,90)/t33?,34-,35+,41?,43+,44+,45?,46-,48+,50+,51-,52-,53-,54-,55-/m0/s1. The molecule has 1 unspecified atom stereocenters. The molecule has 1 saturated carbocycles. The normalized spacial score (nSPS) is 28.3. The molecule has 0 radical (unpaired) electrons. The summed E-state index contributed by atoms with van der Waals surface area (Å²) in [5, 5.41) is 134. The van der Waals surface area contributed by atoms with E-state index in [2.05, 4.69) is 71.0 Å². The number of anilines is 1. The Morgan fingerprint density at radius 1 is 0.681 bits per heavy atom. The third kappa shape index (κ3) is 17.1. The van der Waals surface area contributed by atoms with E-state index in [1.807, 2.05) is 12.1 Å². The molecular weight excluding hydrogens is 1240 g/mol. The molecule has 512 valence electrons. The summed E-state index contributed by atoms with van der Waals surface area (Å²) in [6, 6.07) is 6.40. The number of rotatable bonds is 17. The van der Waals surface area contributed by atoms with E-state index in [9.17, 15) is 84.6 Å². The number of piperazine rings is 1. The Hall–Kier alpha value is -7.49. The van der Waals surface area contributed by atoms with Crippen LogP contribution in [0.5, 0.6) is 11.5 Å². The first-order valence-corrected chi connectivity index (χ1v) is 32.9. The molecule has 9 rings (SSSR count). The average Bonchev–Trinajstić information content (AvgIpc) is 1.63. The maximum Gasteiger partial charge on any atom is 0.251 e. The lowest BCUT2D eigenvalue weighted by molar-refractivity contribution is -0.147. The molecule has 5 aliphatic rings. The number of carbonyl (C=O) groups excluding carboxylic acids is 7. The molecule has 0 bridgehead atoms. The van der Waals surface area contributed by atoms with Gasteiger partial charge in [0.2, 0.25) is 35.4 Å². The van der Waals surface area contributed by atoms with Crippen LogP contribution in [0, 0.1) is 11.8 Å². The van der Waals surface area contributed by atoms with E-state index in [-0.39, 0.29) is 30.6 Å². The molecule has 1 aromatic heterocycles. The minimum absolute atomic E-state index is 0.0326. The van der Waals surface area contributed by atoms with Crippen molar-refractivity contribution in [3.8, 4) is 32.6 Å². The number of β-amino-alcohol motifs (C(OH)–C–C–N with tert-alkyl or cyclic N) is 1. The maximum atomic E-state index is 14.9. The number of aromatic nitrogens is 2. The number of hydrogen-bond acceptors (Lipinski definition) is 23. The number of phenols is 2. The van der Waals surface area contributed by atoms with Crippen LogP contribution in [0.3, 0.4) is 0 Å². The van der Waals surface area contributed by atoms with Gasteiger partial charge in [0.15, 0.2) is 11.5 Å². The Labute approximate surface area is 547 Å². The van der Waals surface area contributed by atoms with Crippen LogP contribution in [0.1, 0.15) is 81.6 Å². The summed E-state index contributed by atoms with van der Waals surface area (Å²) < 4.78 is 0. The number of hydrogen-bond donors (Lipinski definition) is 16. The van der Waals surface area contributed by atoms with Crippen LogP contribution >= 0.6 is 11.3 Å². The highest BCUT2D eigenvalue weighted by Crippen LogP contribution is 2.34. The van der Waals surface area contributed by atoms with Gasteiger partial charge in [-0.2, -0.15) is 0 Å². The van der Waals surface area contributed by atoms with Gasteiger partial charge in [-0.3, -0.25) is 38.5 Å². The molecule has 1 aliphatic carbocycles. The number of amides is 7. The Morgan fingerprint density at radius 3 is 1.93 bits per heavy atom. The third-order valence-corrected chi connectivity index (χ3v) is 19.7. The number of benzene rings is 3. The zero-order valence-electron chi connectivity index (χ0n) is 52.7. The molecule has 5 heterocycles. The lowest BCUT2D eigenvalue weighted by Gasteiger charge is -2.42. The lowest BCUT2D eigenvalue weighted by Crippen LogP contribution is -2.64. The van der Waals surface area contributed by atoms with Crippen molar-refractivity contribution in [2.24, 2.45) is 11.8 Å². The highest BCUT2D eigenvalue weighted by Gasteiger charge is 2.50. The van der Waals surface area contributed by atoms with Gasteiger partial charge in [-0.25, -0.2) is 0 Å². The van der Waals surface area contributed by atoms with Crippen LogP contribution in [0.2, 0.25) is 0 Å². The molecular formula is C64H88N12O17S. The van der Waals surface area contributed by atoms with Crippen molar-refractivity contribution >= 4 is 58.4 Å². The fraction of sp³-hybridized carbons (Fsp3) is 0.578. The largest absolute Gasteiger partial charge is 0.504 e. The van der Waals surface area contributed by atoms with Crippen LogP contribution in [0.15, 0.2) is 66.7 Å². The van der Waals surface area contributed by atoms with Crippen LogP contribution < -0.4 is 36.8 Å². The minimum atomic E-state index is -2.12. The SMILES string of the molecule is CC1CCC(N2CCN(c3ccc(-c4nnc(-c5ccc(C(=O)NC6C[C@@H](O)CNC(=O)[C@@H]7[C@@H](O)[C@@H](C)CN7C(=O)[C@H]([C@H](O)CCNC(CO)CO)NC(=O)[C@H]([C@H](O)Cc7ccc(O)c(O)c7)NC(=O)[C@@H]7C[C@@H](O)CN7C(=O)[C@H]([C@@H](C)O)NC6=O)cc5)s4)cc3)CC2)CC1. The predicted molar refractivity (Wildman–Crippen MR) is 341 cm³/mol. The average molecular weight is 1330 g/mol. The van der Waals surface area contributed by atoms with Gasteiger partial charge in [-0.15, -0.1) is 10.2 Å². The minimum Gasteiger partial charge on any atom is -0.504 e. The zero-order chi connectivity index (χ0) is 67.7. The highest BCUT2D eigenvalue weighted by atomic mass is 32.1. The van der Waals surface area contributed by atoms with E-state index in [1.165, 1.54) is 62.1 Å². The van der Waals surface area contributed by atoms with Gasteiger partial charge in [0.05, 0.1) is 55.9 Å². The van der Waals surface area contributed by atoms with Gasteiger partial charge in [0, 0.05) is 99.4 Å². The lowest BCUT2D eigenvalue weighted by atomic mass is 9.86. The number of phenolic OH excluding ortho intramolecular Hbond substituents is 2. The van der Waals surface area contributed by atoms with Crippen molar-refractivity contribution in [1.82, 2.24) is 56.8 Å². The van der Waals surface area contributed by atoms with E-state index in [0.717, 1.165) is 72.2 Å². The Bertz CT molecular complexity index is 3270. The van der Waals surface area contributed by atoms with Crippen molar-refractivity contribution in [1.29, 1.82) is 0 Å². The van der Waals surface area contributed by atoms with Crippen molar-refractivity contribution in [3.63, 3.8) is 0 Å². The van der Waals surface area contributed by atoms with E-state index in [1.54, 1.807) is 12.1 Å². The van der Waals surface area contributed by atoms with Gasteiger partial charge >= 0.3 is 0 Å². The first kappa shape index (κ1) is 70.8. The predicted octanol–water partition coefficient (Wildman–Crippen LogP) is -2.73. The first-order chi connectivity index (χ1) is 44.9. The van der Waals surface area contributed by atoms with E-state index < -0.39 is 183 Å². The molecule has 7 amide bonds. The van der Waals surface area contributed by atoms with Crippen molar-refractivity contribution in [2.45, 2.75) is 157 Å². The molecule has 0 spiro atoms. The van der Waals surface area contributed by atoms with Crippen molar-refractivity contribution in [2.75, 3.05) is 70.5 Å². The topological polar surface area (TPSA) is 433 Å². The van der Waals surface area contributed by atoms with Gasteiger partial charge in [-0.05, 0) is 106 Å².